The van der Waals surface area contributed by atoms with Crippen LogP contribution in [-0.2, 0) is 16.4 Å². The van der Waals surface area contributed by atoms with Gasteiger partial charge >= 0.3 is 0 Å². The number of rotatable bonds is 7. The maximum atomic E-state index is 13.7. The van der Waals surface area contributed by atoms with Crippen molar-refractivity contribution in [3.8, 4) is 5.75 Å². The second-order valence-corrected chi connectivity index (χ2v) is 9.94. The summed E-state index contributed by atoms with van der Waals surface area (Å²) < 4.78 is 45.5. The van der Waals surface area contributed by atoms with E-state index in [4.69, 9.17) is 4.74 Å². The van der Waals surface area contributed by atoms with E-state index in [1.807, 2.05) is 12.1 Å². The Morgan fingerprint density at radius 2 is 1.76 bits per heavy atom. The molecule has 1 aromatic heterocycles. The Morgan fingerprint density at radius 3 is 2.50 bits per heavy atom. The molecule has 0 bridgehead atoms. The van der Waals surface area contributed by atoms with E-state index in [1.165, 1.54) is 18.2 Å². The Labute approximate surface area is 197 Å². The van der Waals surface area contributed by atoms with Crippen molar-refractivity contribution in [3.05, 3.63) is 96.1 Å². The maximum Gasteiger partial charge on any atom is 0.251 e. The highest BCUT2D eigenvalue weighted by molar-refractivity contribution is 7.91. The first-order chi connectivity index (χ1) is 16.2. The molecule has 174 valence electrons. The number of fused-ring (bicyclic) bond motifs is 1. The highest BCUT2D eigenvalue weighted by atomic mass is 32.2. The van der Waals surface area contributed by atoms with Crippen LogP contribution in [0.5, 0.6) is 5.75 Å². The molecule has 1 heterocycles. The van der Waals surface area contributed by atoms with Gasteiger partial charge < -0.3 is 10.1 Å². The van der Waals surface area contributed by atoms with Crippen molar-refractivity contribution in [2.24, 2.45) is 0 Å². The van der Waals surface area contributed by atoms with Gasteiger partial charge in [-0.3, -0.25) is 9.78 Å². The molecule has 0 aliphatic heterocycles. The third-order valence-corrected chi connectivity index (χ3v) is 6.96. The number of pyridine rings is 1. The number of carbonyl (C=O) groups excluding carboxylic acids is 1. The lowest BCUT2D eigenvalue weighted by atomic mass is 10.1. The lowest BCUT2D eigenvalue weighted by Crippen LogP contribution is -2.22. The molecule has 0 aliphatic carbocycles. The Hall–Kier alpha value is -3.78. The molecule has 0 fully saturated rings. The third kappa shape index (κ3) is 5.07. The van der Waals surface area contributed by atoms with Crippen LogP contribution in [-0.4, -0.2) is 25.4 Å². The SMILES string of the molecule is CC(C)Oc1cc(F)ccc1S(=O)(=O)c1ccc(CNC(=O)c2ccc3ccncc3c2)cc1. The highest BCUT2D eigenvalue weighted by Crippen LogP contribution is 2.31. The molecule has 1 N–H and O–H groups in total. The van der Waals surface area contributed by atoms with E-state index in [-0.39, 0.29) is 34.1 Å². The first kappa shape index (κ1) is 23.4. The minimum Gasteiger partial charge on any atom is -0.490 e. The van der Waals surface area contributed by atoms with Gasteiger partial charge in [-0.2, -0.15) is 0 Å². The van der Waals surface area contributed by atoms with Crippen molar-refractivity contribution in [3.63, 3.8) is 0 Å². The molecule has 0 saturated heterocycles. The van der Waals surface area contributed by atoms with Crippen molar-refractivity contribution >= 4 is 26.5 Å². The minimum atomic E-state index is -3.93. The number of nitrogens with one attached hydrogen (secondary N) is 1. The van der Waals surface area contributed by atoms with Crippen LogP contribution in [0.15, 0.2) is 88.9 Å². The minimum absolute atomic E-state index is 0.0306. The summed E-state index contributed by atoms with van der Waals surface area (Å²) in [5.74, 6) is -0.857. The number of sulfone groups is 1. The largest absolute Gasteiger partial charge is 0.490 e. The molecular formula is C26H23FN2O4S. The second-order valence-electron chi connectivity index (χ2n) is 8.03. The zero-order chi connectivity index (χ0) is 24.3. The maximum absolute atomic E-state index is 13.7. The molecule has 8 heteroatoms. The van der Waals surface area contributed by atoms with Gasteiger partial charge in [0.25, 0.3) is 5.91 Å². The van der Waals surface area contributed by atoms with Crippen LogP contribution >= 0.6 is 0 Å². The molecular weight excluding hydrogens is 455 g/mol. The van der Waals surface area contributed by atoms with Gasteiger partial charge in [0.2, 0.25) is 9.84 Å². The summed E-state index contributed by atoms with van der Waals surface area (Å²) in [4.78, 5) is 16.6. The molecule has 3 aromatic carbocycles. The quantitative estimate of drug-likeness (QED) is 0.381. The first-order valence-electron chi connectivity index (χ1n) is 10.7. The van der Waals surface area contributed by atoms with Crippen LogP contribution in [0.2, 0.25) is 0 Å². The van der Waals surface area contributed by atoms with E-state index in [0.717, 1.165) is 28.5 Å². The Bertz CT molecular complexity index is 1450. The van der Waals surface area contributed by atoms with Gasteiger partial charge in [-0.05, 0) is 67.3 Å². The summed E-state index contributed by atoms with van der Waals surface area (Å²) in [7, 11) is -3.93. The van der Waals surface area contributed by atoms with E-state index in [9.17, 15) is 17.6 Å². The molecule has 0 radical (unpaired) electrons. The molecule has 4 aromatic rings. The van der Waals surface area contributed by atoms with Gasteiger partial charge in [0, 0.05) is 36.0 Å². The van der Waals surface area contributed by atoms with Crippen LogP contribution in [0.3, 0.4) is 0 Å². The van der Waals surface area contributed by atoms with Crippen molar-refractivity contribution in [2.45, 2.75) is 36.3 Å². The summed E-state index contributed by atoms with van der Waals surface area (Å²) in [5.41, 5.74) is 1.24. The van der Waals surface area contributed by atoms with E-state index >= 15 is 0 Å². The molecule has 1 amide bonds. The lowest BCUT2D eigenvalue weighted by molar-refractivity contribution is 0.0951. The fourth-order valence-corrected chi connectivity index (χ4v) is 4.84. The first-order valence-corrected chi connectivity index (χ1v) is 12.1. The van der Waals surface area contributed by atoms with Crippen molar-refractivity contribution < 1.29 is 22.3 Å². The van der Waals surface area contributed by atoms with E-state index < -0.39 is 15.7 Å². The molecule has 0 spiro atoms. The van der Waals surface area contributed by atoms with Gasteiger partial charge in [0.05, 0.1) is 11.0 Å². The van der Waals surface area contributed by atoms with Gasteiger partial charge in [-0.15, -0.1) is 0 Å². The zero-order valence-electron chi connectivity index (χ0n) is 18.7. The smallest absolute Gasteiger partial charge is 0.251 e. The van der Waals surface area contributed by atoms with E-state index in [0.29, 0.717) is 5.56 Å². The molecule has 4 rings (SSSR count). The number of carbonyl (C=O) groups is 1. The second kappa shape index (κ2) is 9.61. The fraction of sp³-hybridized carbons (Fsp3) is 0.154. The normalized spacial score (nSPS) is 11.5. The van der Waals surface area contributed by atoms with Crippen LogP contribution < -0.4 is 10.1 Å². The summed E-state index contributed by atoms with van der Waals surface area (Å²) in [6, 6.07) is 16.8. The molecule has 0 saturated carbocycles. The standard InChI is InChI=1S/C26H23FN2O4S/c1-17(2)33-24-14-22(27)7-10-25(24)34(31,32)23-8-3-18(4-9-23)15-29-26(30)20-6-5-19-11-12-28-16-21(19)13-20/h3-14,16-17H,15H2,1-2H3,(H,29,30). The van der Waals surface area contributed by atoms with Gasteiger partial charge in [-0.25, -0.2) is 12.8 Å². The van der Waals surface area contributed by atoms with Crippen LogP contribution in [0.1, 0.15) is 29.8 Å². The number of benzene rings is 3. The Morgan fingerprint density at radius 1 is 1.00 bits per heavy atom. The van der Waals surface area contributed by atoms with Crippen LogP contribution in [0.25, 0.3) is 10.8 Å². The molecule has 0 atom stereocenters. The Balaban J connectivity index is 1.49. The van der Waals surface area contributed by atoms with Gasteiger partial charge in [-0.1, -0.05) is 18.2 Å². The summed E-state index contributed by atoms with van der Waals surface area (Å²) >= 11 is 0. The Kier molecular flexibility index (Phi) is 6.61. The van der Waals surface area contributed by atoms with Crippen molar-refractivity contribution in [1.82, 2.24) is 10.3 Å². The summed E-state index contributed by atoms with van der Waals surface area (Å²) in [6.07, 6.45) is 3.07. The third-order valence-electron chi connectivity index (χ3n) is 5.15. The molecule has 34 heavy (non-hydrogen) atoms. The number of aromatic nitrogens is 1. The zero-order valence-corrected chi connectivity index (χ0v) is 19.5. The average Bonchev–Trinajstić information content (AvgIpc) is 2.82. The molecule has 6 nitrogen and oxygen atoms in total. The predicted octanol–water partition coefficient (Wildman–Crippen LogP) is 4.92. The van der Waals surface area contributed by atoms with Crippen LogP contribution in [0.4, 0.5) is 4.39 Å². The summed E-state index contributed by atoms with van der Waals surface area (Å²) in [6.45, 7) is 3.70. The number of amides is 1. The van der Waals surface area contributed by atoms with E-state index in [1.54, 1.807) is 50.5 Å². The summed E-state index contributed by atoms with van der Waals surface area (Å²) in [5, 5.41) is 4.70. The predicted molar refractivity (Wildman–Crippen MR) is 127 cm³/mol. The monoisotopic (exact) mass is 478 g/mol. The highest BCUT2D eigenvalue weighted by Gasteiger charge is 2.23. The topological polar surface area (TPSA) is 85.4 Å². The fourth-order valence-electron chi connectivity index (χ4n) is 3.47. The average molecular weight is 479 g/mol. The number of hydrogen-bond donors (Lipinski definition) is 1. The van der Waals surface area contributed by atoms with Gasteiger partial charge in [0.15, 0.2) is 0 Å². The lowest BCUT2D eigenvalue weighted by Gasteiger charge is -2.15. The van der Waals surface area contributed by atoms with Crippen LogP contribution in [0, 0.1) is 5.82 Å². The number of ether oxygens (including phenoxy) is 1. The van der Waals surface area contributed by atoms with Crippen molar-refractivity contribution in [2.75, 3.05) is 0 Å². The molecule has 0 aliphatic rings. The van der Waals surface area contributed by atoms with E-state index in [2.05, 4.69) is 10.3 Å². The van der Waals surface area contributed by atoms with Gasteiger partial charge in [0.1, 0.15) is 16.5 Å². The number of nitrogens with zero attached hydrogens (tertiary/aromatic N) is 1. The number of hydrogen-bond acceptors (Lipinski definition) is 5. The molecule has 0 unspecified atom stereocenters. The van der Waals surface area contributed by atoms with Crippen molar-refractivity contribution in [1.29, 1.82) is 0 Å². The number of halogens is 1.